The van der Waals surface area contributed by atoms with Crippen LogP contribution in [0.15, 0.2) is 66.7 Å². The molecule has 0 N–H and O–H groups in total. The summed E-state index contributed by atoms with van der Waals surface area (Å²) in [4.78, 5) is 40.3. The van der Waals surface area contributed by atoms with E-state index in [9.17, 15) is 14.4 Å². The Morgan fingerprint density at radius 1 is 0.938 bits per heavy atom. The van der Waals surface area contributed by atoms with Crippen molar-refractivity contribution in [3.8, 4) is 0 Å². The van der Waals surface area contributed by atoms with Crippen LogP contribution in [0.2, 0.25) is 0 Å². The van der Waals surface area contributed by atoms with Gasteiger partial charge >= 0.3 is 6.09 Å². The number of anilines is 1. The summed E-state index contributed by atoms with van der Waals surface area (Å²) in [5, 5.41) is 2.05. The lowest BCUT2D eigenvalue weighted by Gasteiger charge is -2.30. The quantitative estimate of drug-likeness (QED) is 0.528. The summed E-state index contributed by atoms with van der Waals surface area (Å²) in [6, 6.07) is 21.1. The summed E-state index contributed by atoms with van der Waals surface area (Å²) in [6.07, 6.45) is -0.217. The van der Waals surface area contributed by atoms with Gasteiger partial charge in [0.05, 0.1) is 5.69 Å². The van der Waals surface area contributed by atoms with Crippen molar-refractivity contribution < 1.29 is 19.1 Å². The van der Waals surface area contributed by atoms with Gasteiger partial charge in [-0.15, -0.1) is 0 Å². The Hall–Kier alpha value is -3.47. The first-order valence-electron chi connectivity index (χ1n) is 10.8. The molecule has 0 aromatic heterocycles. The molecular formula is C27H27NO4. The number of Topliss-reactive ketones (excluding diaryl/α,β-unsaturated/α-hetero) is 1. The number of para-hydroxylation sites is 1. The van der Waals surface area contributed by atoms with Crippen molar-refractivity contribution in [2.24, 2.45) is 0 Å². The molecule has 0 fully saturated rings. The van der Waals surface area contributed by atoms with E-state index < -0.39 is 17.1 Å². The number of nitrogens with zero attached hydrogens (tertiary/aromatic N) is 1. The van der Waals surface area contributed by atoms with Crippen molar-refractivity contribution in [3.63, 3.8) is 0 Å². The molecule has 0 saturated heterocycles. The van der Waals surface area contributed by atoms with Gasteiger partial charge in [-0.05, 0) is 68.1 Å². The van der Waals surface area contributed by atoms with Crippen molar-refractivity contribution in [2.45, 2.75) is 51.6 Å². The van der Waals surface area contributed by atoms with E-state index in [0.717, 1.165) is 21.2 Å². The van der Waals surface area contributed by atoms with Crippen LogP contribution in [-0.2, 0) is 19.7 Å². The van der Waals surface area contributed by atoms with E-state index in [1.54, 1.807) is 32.9 Å². The monoisotopic (exact) mass is 429 g/mol. The van der Waals surface area contributed by atoms with Crippen molar-refractivity contribution in [3.05, 3.63) is 77.9 Å². The van der Waals surface area contributed by atoms with Gasteiger partial charge in [-0.3, -0.25) is 4.79 Å². The molecule has 3 aromatic carbocycles. The molecule has 32 heavy (non-hydrogen) atoms. The molecule has 1 heterocycles. The van der Waals surface area contributed by atoms with Crippen molar-refractivity contribution in [2.75, 3.05) is 4.90 Å². The van der Waals surface area contributed by atoms with E-state index in [-0.39, 0.29) is 24.5 Å². The zero-order valence-electron chi connectivity index (χ0n) is 18.8. The maximum atomic E-state index is 14.1. The third kappa shape index (κ3) is 3.68. The normalized spacial score (nSPS) is 18.0. The zero-order valence-corrected chi connectivity index (χ0v) is 18.8. The van der Waals surface area contributed by atoms with Gasteiger partial charge in [-0.25, -0.2) is 9.69 Å². The van der Waals surface area contributed by atoms with Gasteiger partial charge in [0.15, 0.2) is 0 Å². The van der Waals surface area contributed by atoms with Crippen LogP contribution in [0.4, 0.5) is 10.5 Å². The molecule has 3 aromatic rings. The van der Waals surface area contributed by atoms with Gasteiger partial charge in [0.2, 0.25) is 0 Å². The fourth-order valence-corrected chi connectivity index (χ4v) is 4.42. The van der Waals surface area contributed by atoms with E-state index in [1.165, 1.54) is 6.92 Å². The highest BCUT2D eigenvalue weighted by Crippen LogP contribution is 2.49. The van der Waals surface area contributed by atoms with Crippen molar-refractivity contribution >= 4 is 34.2 Å². The number of carbonyl (C=O) groups excluding carboxylic acids is 3. The molecule has 4 rings (SSSR count). The maximum Gasteiger partial charge on any atom is 0.421 e. The van der Waals surface area contributed by atoms with E-state index in [1.807, 2.05) is 54.6 Å². The maximum absolute atomic E-state index is 14.1. The molecule has 0 bridgehead atoms. The standard InChI is InChI=1S/C27H27NO4/c1-18(29)15-16-27(21-14-13-19-9-5-6-10-20(19)17-21)22-11-7-8-12-23(22)28(24(27)30)25(31)32-26(2,3)4/h5-14,17H,15-16H2,1-4H3. The molecular weight excluding hydrogens is 402 g/mol. The number of rotatable bonds is 4. The minimum Gasteiger partial charge on any atom is -0.443 e. The van der Waals surface area contributed by atoms with Gasteiger partial charge in [0, 0.05) is 6.42 Å². The average molecular weight is 430 g/mol. The average Bonchev–Trinajstić information content (AvgIpc) is 2.99. The number of imide groups is 1. The van der Waals surface area contributed by atoms with Crippen LogP contribution in [0.5, 0.6) is 0 Å². The summed E-state index contributed by atoms with van der Waals surface area (Å²) < 4.78 is 5.57. The zero-order chi connectivity index (χ0) is 23.1. The van der Waals surface area contributed by atoms with E-state index in [0.29, 0.717) is 11.3 Å². The summed E-state index contributed by atoms with van der Waals surface area (Å²) in [6.45, 7) is 6.82. The Morgan fingerprint density at radius 3 is 2.28 bits per heavy atom. The van der Waals surface area contributed by atoms with E-state index >= 15 is 0 Å². The molecule has 1 atom stereocenters. The number of hydrogen-bond acceptors (Lipinski definition) is 4. The Morgan fingerprint density at radius 2 is 1.59 bits per heavy atom. The molecule has 5 nitrogen and oxygen atoms in total. The number of carbonyl (C=O) groups is 3. The minimum atomic E-state index is -1.15. The fourth-order valence-electron chi connectivity index (χ4n) is 4.42. The lowest BCUT2D eigenvalue weighted by Crippen LogP contribution is -2.46. The number of amides is 2. The molecule has 0 radical (unpaired) electrons. The van der Waals surface area contributed by atoms with Gasteiger partial charge in [-0.2, -0.15) is 0 Å². The third-order valence-electron chi connectivity index (χ3n) is 5.84. The highest BCUT2D eigenvalue weighted by Gasteiger charge is 2.54. The minimum absolute atomic E-state index is 0.00818. The number of fused-ring (bicyclic) bond motifs is 2. The molecule has 5 heteroatoms. The topological polar surface area (TPSA) is 63.7 Å². The van der Waals surface area contributed by atoms with Gasteiger partial charge in [0.1, 0.15) is 16.8 Å². The Labute approximate surface area is 188 Å². The van der Waals surface area contributed by atoms with Gasteiger partial charge in [0.25, 0.3) is 5.91 Å². The first kappa shape index (κ1) is 21.8. The Bertz CT molecular complexity index is 1220. The molecule has 0 spiro atoms. The summed E-state index contributed by atoms with van der Waals surface area (Å²) in [5.74, 6) is -0.393. The van der Waals surface area contributed by atoms with Crippen LogP contribution in [-0.4, -0.2) is 23.4 Å². The lowest BCUT2D eigenvalue weighted by atomic mass is 9.71. The highest BCUT2D eigenvalue weighted by molar-refractivity contribution is 6.22. The summed E-state index contributed by atoms with van der Waals surface area (Å²) in [5.41, 5.74) is 0.0834. The molecule has 0 aliphatic carbocycles. The number of benzene rings is 3. The van der Waals surface area contributed by atoms with Crippen LogP contribution in [0.3, 0.4) is 0 Å². The second kappa shape index (κ2) is 7.90. The summed E-state index contributed by atoms with van der Waals surface area (Å²) >= 11 is 0. The van der Waals surface area contributed by atoms with Crippen LogP contribution in [0.1, 0.15) is 51.7 Å². The first-order valence-corrected chi connectivity index (χ1v) is 10.8. The first-order chi connectivity index (χ1) is 15.1. The molecule has 0 saturated carbocycles. The lowest BCUT2D eigenvalue weighted by molar-refractivity contribution is -0.122. The Balaban J connectivity index is 1.93. The van der Waals surface area contributed by atoms with E-state index in [4.69, 9.17) is 4.74 Å². The second-order valence-electron chi connectivity index (χ2n) is 9.31. The molecule has 1 aliphatic rings. The molecule has 2 amide bonds. The van der Waals surface area contributed by atoms with Gasteiger partial charge in [-0.1, -0.05) is 54.6 Å². The third-order valence-corrected chi connectivity index (χ3v) is 5.84. The molecule has 164 valence electrons. The Kier molecular flexibility index (Phi) is 5.37. The van der Waals surface area contributed by atoms with E-state index in [2.05, 4.69) is 0 Å². The predicted molar refractivity (Wildman–Crippen MR) is 125 cm³/mol. The number of hydrogen-bond donors (Lipinski definition) is 0. The fraction of sp³-hybridized carbons (Fsp3) is 0.296. The van der Waals surface area contributed by atoms with Crippen LogP contribution < -0.4 is 4.90 Å². The predicted octanol–water partition coefficient (Wildman–Crippen LogP) is 5.78. The second-order valence-corrected chi connectivity index (χ2v) is 9.31. The number of ketones is 1. The largest absolute Gasteiger partial charge is 0.443 e. The number of ether oxygens (including phenoxy) is 1. The summed E-state index contributed by atoms with van der Waals surface area (Å²) in [7, 11) is 0. The van der Waals surface area contributed by atoms with Gasteiger partial charge < -0.3 is 9.53 Å². The smallest absolute Gasteiger partial charge is 0.421 e. The van der Waals surface area contributed by atoms with Crippen molar-refractivity contribution in [1.29, 1.82) is 0 Å². The van der Waals surface area contributed by atoms with Crippen LogP contribution in [0, 0.1) is 0 Å². The highest BCUT2D eigenvalue weighted by atomic mass is 16.6. The molecule has 1 aliphatic heterocycles. The van der Waals surface area contributed by atoms with Crippen LogP contribution >= 0.6 is 0 Å². The van der Waals surface area contributed by atoms with Crippen molar-refractivity contribution in [1.82, 2.24) is 0 Å². The SMILES string of the molecule is CC(=O)CCC1(c2ccc3ccccc3c2)C(=O)N(C(=O)OC(C)(C)C)c2ccccc21. The molecule has 1 unspecified atom stereocenters. The van der Waals surface area contributed by atoms with Crippen LogP contribution in [0.25, 0.3) is 10.8 Å².